The van der Waals surface area contributed by atoms with E-state index >= 15 is 0 Å². The Balaban J connectivity index is 1.63. The van der Waals surface area contributed by atoms with Gasteiger partial charge >= 0.3 is 0 Å². The molecule has 0 spiro atoms. The number of nitrogens with zero attached hydrogens (tertiary/aromatic N) is 3. The molecule has 0 aliphatic carbocycles. The van der Waals surface area contributed by atoms with Crippen LogP contribution in [0.15, 0.2) is 41.7 Å². The fourth-order valence-corrected chi connectivity index (χ4v) is 3.58. The fourth-order valence-electron chi connectivity index (χ4n) is 2.42. The van der Waals surface area contributed by atoms with Crippen LogP contribution in [0.2, 0.25) is 5.02 Å². The molecule has 0 N–H and O–H groups in total. The number of fused-ring (bicyclic) bond motifs is 2. The van der Waals surface area contributed by atoms with E-state index in [4.69, 9.17) is 21.1 Å². The van der Waals surface area contributed by atoms with Gasteiger partial charge in [0.15, 0.2) is 17.6 Å². The van der Waals surface area contributed by atoms with Crippen LogP contribution in [0, 0.1) is 0 Å². The third kappa shape index (κ3) is 2.54. The molecule has 0 amide bonds. The molecular weight excluding hydrogens is 322 g/mol. The second kappa shape index (κ2) is 5.79. The first kappa shape index (κ1) is 13.9. The highest BCUT2D eigenvalue weighted by molar-refractivity contribution is 7.98. The number of hydrogen-bond donors (Lipinski definition) is 0. The average Bonchev–Trinajstić information content (AvgIpc) is 2.96. The molecule has 0 unspecified atom stereocenters. The van der Waals surface area contributed by atoms with Gasteiger partial charge in [-0.05, 0) is 24.3 Å². The van der Waals surface area contributed by atoms with Gasteiger partial charge in [0.2, 0.25) is 0 Å². The molecule has 0 radical (unpaired) electrons. The van der Waals surface area contributed by atoms with E-state index in [0.717, 1.165) is 27.7 Å². The fraction of sp³-hybridized carbons (Fsp3) is 0.200. The average molecular weight is 334 g/mol. The number of halogens is 1. The maximum Gasteiger partial charge on any atom is 0.195 e. The topological polar surface area (TPSA) is 48.7 Å². The van der Waals surface area contributed by atoms with Crippen LogP contribution in [-0.4, -0.2) is 21.4 Å². The minimum atomic E-state index is 0.278. The highest BCUT2D eigenvalue weighted by Crippen LogP contribution is 2.35. The van der Waals surface area contributed by atoms with Crippen molar-refractivity contribution in [3.8, 4) is 5.75 Å². The summed E-state index contributed by atoms with van der Waals surface area (Å²) in [6.45, 7) is 0.807. The summed E-state index contributed by atoms with van der Waals surface area (Å²) in [4.78, 5) is 0. The van der Waals surface area contributed by atoms with Crippen molar-refractivity contribution in [3.63, 3.8) is 0 Å². The Bertz CT molecular complexity index is 837. The Morgan fingerprint density at radius 3 is 3.18 bits per heavy atom. The van der Waals surface area contributed by atoms with Crippen molar-refractivity contribution in [2.45, 2.75) is 17.5 Å². The van der Waals surface area contributed by atoms with E-state index in [9.17, 15) is 0 Å². The number of benzene rings is 1. The summed E-state index contributed by atoms with van der Waals surface area (Å²) in [6.07, 6.45) is 1.95. The maximum absolute atomic E-state index is 6.18. The number of aromatic nitrogens is 3. The second-order valence-electron chi connectivity index (χ2n) is 4.86. The van der Waals surface area contributed by atoms with Crippen molar-refractivity contribution in [1.82, 2.24) is 14.6 Å². The van der Waals surface area contributed by atoms with Gasteiger partial charge < -0.3 is 9.47 Å². The molecule has 1 aliphatic heterocycles. The largest absolute Gasteiger partial charge is 0.467 e. The number of pyridine rings is 1. The number of ether oxygens (including phenoxy) is 2. The summed E-state index contributed by atoms with van der Waals surface area (Å²) >= 11 is 7.79. The zero-order valence-corrected chi connectivity index (χ0v) is 13.1. The Labute approximate surface area is 136 Å². The van der Waals surface area contributed by atoms with E-state index in [1.54, 1.807) is 11.8 Å². The molecule has 22 heavy (non-hydrogen) atoms. The standard InChI is InChI=1S/C15H12ClN3O2S/c16-12-5-10-7-20-9-21-14(10)11(6-12)8-22-15-18-17-13-3-1-2-4-19(13)15/h1-6H,7-9H2. The van der Waals surface area contributed by atoms with Crippen LogP contribution in [-0.2, 0) is 17.1 Å². The molecule has 1 aliphatic rings. The van der Waals surface area contributed by atoms with Crippen LogP contribution >= 0.6 is 23.4 Å². The van der Waals surface area contributed by atoms with Crippen LogP contribution < -0.4 is 4.74 Å². The molecule has 0 saturated carbocycles. The van der Waals surface area contributed by atoms with Gasteiger partial charge in [-0.1, -0.05) is 29.4 Å². The predicted octanol–water partition coefficient (Wildman–Crippen LogP) is 3.54. The summed E-state index contributed by atoms with van der Waals surface area (Å²) in [5.74, 6) is 1.58. The molecule has 0 bridgehead atoms. The monoisotopic (exact) mass is 333 g/mol. The third-order valence-corrected chi connectivity index (χ3v) is 4.60. The SMILES string of the molecule is Clc1cc2c(c(CSc3nnc4ccccn34)c1)OCOC2. The highest BCUT2D eigenvalue weighted by Gasteiger charge is 2.17. The van der Waals surface area contributed by atoms with Gasteiger partial charge in [0.1, 0.15) is 5.75 Å². The number of rotatable bonds is 3. The minimum Gasteiger partial charge on any atom is -0.467 e. The molecule has 2 aromatic heterocycles. The lowest BCUT2D eigenvalue weighted by Gasteiger charge is -2.20. The summed E-state index contributed by atoms with van der Waals surface area (Å²) in [7, 11) is 0. The molecule has 7 heteroatoms. The van der Waals surface area contributed by atoms with Crippen LogP contribution in [0.3, 0.4) is 0 Å². The molecule has 0 saturated heterocycles. The van der Waals surface area contributed by atoms with Crippen molar-refractivity contribution in [2.24, 2.45) is 0 Å². The molecule has 3 aromatic rings. The van der Waals surface area contributed by atoms with Gasteiger partial charge in [-0.2, -0.15) is 0 Å². The lowest BCUT2D eigenvalue weighted by Crippen LogP contribution is -2.13. The van der Waals surface area contributed by atoms with Crippen LogP contribution in [0.4, 0.5) is 0 Å². The Kier molecular flexibility index (Phi) is 3.65. The number of thioether (sulfide) groups is 1. The summed E-state index contributed by atoms with van der Waals surface area (Å²) in [6, 6.07) is 9.65. The Morgan fingerprint density at radius 1 is 1.27 bits per heavy atom. The first-order valence-electron chi connectivity index (χ1n) is 6.76. The normalized spacial score (nSPS) is 13.9. The quantitative estimate of drug-likeness (QED) is 0.686. The van der Waals surface area contributed by atoms with E-state index in [1.807, 2.05) is 40.9 Å². The van der Waals surface area contributed by atoms with Gasteiger partial charge in [0.25, 0.3) is 0 Å². The third-order valence-electron chi connectivity index (χ3n) is 3.39. The molecule has 0 fully saturated rings. The number of hydrogen-bond acceptors (Lipinski definition) is 5. The molecule has 1 aromatic carbocycles. The minimum absolute atomic E-state index is 0.278. The molecule has 112 valence electrons. The summed E-state index contributed by atoms with van der Waals surface area (Å²) < 4.78 is 12.9. The van der Waals surface area contributed by atoms with E-state index in [0.29, 0.717) is 17.4 Å². The zero-order valence-electron chi connectivity index (χ0n) is 11.5. The first-order chi connectivity index (χ1) is 10.8. The first-order valence-corrected chi connectivity index (χ1v) is 8.12. The molecule has 4 rings (SSSR count). The van der Waals surface area contributed by atoms with E-state index in [1.165, 1.54) is 0 Å². The predicted molar refractivity (Wildman–Crippen MR) is 84.3 cm³/mol. The lowest BCUT2D eigenvalue weighted by molar-refractivity contribution is -0.0168. The lowest BCUT2D eigenvalue weighted by atomic mass is 10.1. The van der Waals surface area contributed by atoms with Crippen molar-refractivity contribution >= 4 is 29.0 Å². The van der Waals surface area contributed by atoms with Crippen LogP contribution in [0.25, 0.3) is 5.65 Å². The van der Waals surface area contributed by atoms with Crippen molar-refractivity contribution < 1.29 is 9.47 Å². The van der Waals surface area contributed by atoms with Gasteiger partial charge in [0.05, 0.1) is 6.61 Å². The van der Waals surface area contributed by atoms with E-state index in [2.05, 4.69) is 10.2 Å². The molecule has 0 atom stereocenters. The summed E-state index contributed by atoms with van der Waals surface area (Å²) in [5, 5.41) is 9.91. The van der Waals surface area contributed by atoms with Gasteiger partial charge in [-0.15, -0.1) is 10.2 Å². The smallest absolute Gasteiger partial charge is 0.195 e. The highest BCUT2D eigenvalue weighted by atomic mass is 35.5. The second-order valence-corrected chi connectivity index (χ2v) is 6.24. The van der Waals surface area contributed by atoms with Gasteiger partial charge in [-0.3, -0.25) is 4.40 Å². The molecule has 3 heterocycles. The van der Waals surface area contributed by atoms with Crippen molar-refractivity contribution in [2.75, 3.05) is 6.79 Å². The Hall–Kier alpha value is -1.76. The van der Waals surface area contributed by atoms with Crippen LogP contribution in [0.5, 0.6) is 5.75 Å². The summed E-state index contributed by atoms with van der Waals surface area (Å²) in [5.41, 5.74) is 2.87. The maximum atomic E-state index is 6.18. The zero-order chi connectivity index (χ0) is 14.9. The van der Waals surface area contributed by atoms with Gasteiger partial charge in [-0.25, -0.2) is 0 Å². The van der Waals surface area contributed by atoms with E-state index in [-0.39, 0.29) is 6.79 Å². The molecular formula is C15H12ClN3O2S. The van der Waals surface area contributed by atoms with E-state index < -0.39 is 0 Å². The van der Waals surface area contributed by atoms with Crippen LogP contribution in [0.1, 0.15) is 11.1 Å². The van der Waals surface area contributed by atoms with Crippen molar-refractivity contribution in [1.29, 1.82) is 0 Å². The van der Waals surface area contributed by atoms with Gasteiger partial charge in [0, 0.05) is 28.1 Å². The molecule has 5 nitrogen and oxygen atoms in total. The Morgan fingerprint density at radius 2 is 2.23 bits per heavy atom. The van der Waals surface area contributed by atoms with Crippen molar-refractivity contribution in [3.05, 3.63) is 52.7 Å².